The summed E-state index contributed by atoms with van der Waals surface area (Å²) in [6, 6.07) is 19.5. The minimum atomic E-state index is -0.179. The van der Waals surface area contributed by atoms with Crippen molar-refractivity contribution in [2.45, 2.75) is 50.7 Å². The first-order valence-electron chi connectivity index (χ1n) is 9.85. The standard InChI is InChI=1S/C23H31NO2/c1-24-18-22(25)17-21(24)15-16-26-23-14-8-7-13-20(23)12-6-5-11-19-9-3-2-4-10-19/h2-4,7-10,13-14,21-22,25H,5-6,11-12,15-18H2,1H3. The van der Waals surface area contributed by atoms with E-state index in [1.807, 2.05) is 6.07 Å². The number of benzene rings is 2. The van der Waals surface area contributed by atoms with Crippen LogP contribution in [0.5, 0.6) is 5.75 Å². The molecule has 1 aliphatic heterocycles. The molecular weight excluding hydrogens is 322 g/mol. The number of aliphatic hydroxyl groups is 1. The lowest BCUT2D eigenvalue weighted by atomic mass is 10.0. The SMILES string of the molecule is CN1CC(O)CC1CCOc1ccccc1CCCCc1ccccc1. The van der Waals surface area contributed by atoms with Crippen molar-refractivity contribution in [1.82, 2.24) is 4.90 Å². The van der Waals surface area contributed by atoms with E-state index in [9.17, 15) is 5.11 Å². The van der Waals surface area contributed by atoms with Crippen molar-refractivity contribution >= 4 is 0 Å². The molecule has 2 atom stereocenters. The van der Waals surface area contributed by atoms with Gasteiger partial charge in [-0.1, -0.05) is 48.5 Å². The highest BCUT2D eigenvalue weighted by atomic mass is 16.5. The molecule has 1 heterocycles. The van der Waals surface area contributed by atoms with Gasteiger partial charge in [-0.3, -0.25) is 0 Å². The fourth-order valence-electron chi connectivity index (χ4n) is 3.83. The first kappa shape index (κ1) is 18.9. The summed E-state index contributed by atoms with van der Waals surface area (Å²) in [7, 11) is 2.08. The van der Waals surface area contributed by atoms with Crippen LogP contribution in [0, 0.1) is 0 Å². The summed E-state index contributed by atoms with van der Waals surface area (Å²) in [6.07, 6.45) is 6.22. The van der Waals surface area contributed by atoms with Crippen LogP contribution in [0.4, 0.5) is 0 Å². The molecule has 1 fully saturated rings. The topological polar surface area (TPSA) is 32.7 Å². The number of aliphatic hydroxyl groups excluding tert-OH is 1. The highest BCUT2D eigenvalue weighted by molar-refractivity contribution is 5.33. The van der Waals surface area contributed by atoms with Crippen LogP contribution >= 0.6 is 0 Å². The Kier molecular flexibility index (Phi) is 7.10. The van der Waals surface area contributed by atoms with Gasteiger partial charge in [0.05, 0.1) is 12.7 Å². The van der Waals surface area contributed by atoms with Gasteiger partial charge in [0.15, 0.2) is 0 Å². The summed E-state index contributed by atoms with van der Waals surface area (Å²) in [4.78, 5) is 2.24. The average molecular weight is 354 g/mol. The van der Waals surface area contributed by atoms with Crippen LogP contribution in [0.3, 0.4) is 0 Å². The third-order valence-corrected chi connectivity index (χ3v) is 5.35. The molecule has 0 aromatic heterocycles. The number of para-hydroxylation sites is 1. The largest absolute Gasteiger partial charge is 0.493 e. The lowest BCUT2D eigenvalue weighted by Gasteiger charge is -2.19. The molecule has 0 spiro atoms. The quantitative estimate of drug-likeness (QED) is 0.689. The number of aryl methyl sites for hydroxylation is 2. The van der Waals surface area contributed by atoms with E-state index in [1.54, 1.807) is 0 Å². The molecule has 0 aliphatic carbocycles. The van der Waals surface area contributed by atoms with Crippen molar-refractivity contribution in [3.63, 3.8) is 0 Å². The van der Waals surface area contributed by atoms with Crippen molar-refractivity contribution in [2.24, 2.45) is 0 Å². The fourth-order valence-corrected chi connectivity index (χ4v) is 3.83. The first-order valence-corrected chi connectivity index (χ1v) is 9.85. The van der Waals surface area contributed by atoms with Crippen LogP contribution in [0.15, 0.2) is 54.6 Å². The summed E-state index contributed by atoms with van der Waals surface area (Å²) in [5.41, 5.74) is 2.72. The molecule has 1 N–H and O–H groups in total. The summed E-state index contributed by atoms with van der Waals surface area (Å²) in [5.74, 6) is 1.02. The Morgan fingerprint density at radius 2 is 1.73 bits per heavy atom. The van der Waals surface area contributed by atoms with Crippen molar-refractivity contribution < 1.29 is 9.84 Å². The summed E-state index contributed by atoms with van der Waals surface area (Å²) in [6.45, 7) is 1.49. The molecule has 2 unspecified atom stereocenters. The zero-order valence-electron chi connectivity index (χ0n) is 15.8. The molecule has 3 nitrogen and oxygen atoms in total. The second kappa shape index (κ2) is 9.75. The maximum atomic E-state index is 9.75. The molecule has 0 radical (unpaired) electrons. The second-order valence-electron chi connectivity index (χ2n) is 7.42. The van der Waals surface area contributed by atoms with Gasteiger partial charge in [-0.2, -0.15) is 0 Å². The van der Waals surface area contributed by atoms with Gasteiger partial charge in [-0.15, -0.1) is 0 Å². The van der Waals surface area contributed by atoms with E-state index in [0.29, 0.717) is 12.6 Å². The number of hydrogen-bond donors (Lipinski definition) is 1. The van der Waals surface area contributed by atoms with E-state index >= 15 is 0 Å². The van der Waals surface area contributed by atoms with Crippen LogP contribution in [-0.2, 0) is 12.8 Å². The number of nitrogens with zero attached hydrogens (tertiary/aromatic N) is 1. The van der Waals surface area contributed by atoms with E-state index in [0.717, 1.165) is 38.0 Å². The highest BCUT2D eigenvalue weighted by Crippen LogP contribution is 2.23. The molecule has 0 saturated carbocycles. The summed E-state index contributed by atoms with van der Waals surface area (Å²) in [5, 5.41) is 9.75. The fraction of sp³-hybridized carbons (Fsp3) is 0.478. The van der Waals surface area contributed by atoms with Crippen LogP contribution in [0.2, 0.25) is 0 Å². The molecule has 3 heteroatoms. The Morgan fingerprint density at radius 3 is 2.50 bits per heavy atom. The minimum Gasteiger partial charge on any atom is -0.493 e. The highest BCUT2D eigenvalue weighted by Gasteiger charge is 2.27. The summed E-state index contributed by atoms with van der Waals surface area (Å²) >= 11 is 0. The Hall–Kier alpha value is -1.84. The van der Waals surface area contributed by atoms with Gasteiger partial charge in [-0.25, -0.2) is 0 Å². The van der Waals surface area contributed by atoms with Crippen LogP contribution in [-0.4, -0.2) is 42.4 Å². The van der Waals surface area contributed by atoms with Crippen LogP contribution < -0.4 is 4.74 Å². The molecule has 1 aliphatic rings. The van der Waals surface area contributed by atoms with Crippen LogP contribution in [0.1, 0.15) is 36.8 Å². The predicted molar refractivity (Wildman–Crippen MR) is 107 cm³/mol. The lowest BCUT2D eigenvalue weighted by molar-refractivity contribution is 0.182. The normalized spacial score (nSPS) is 20.4. The Morgan fingerprint density at radius 1 is 1.00 bits per heavy atom. The number of unbranched alkanes of at least 4 members (excludes halogenated alkanes) is 1. The van der Waals surface area contributed by atoms with Gasteiger partial charge in [0.1, 0.15) is 5.75 Å². The molecular formula is C23H31NO2. The Labute approximate surface area is 157 Å². The monoisotopic (exact) mass is 353 g/mol. The third kappa shape index (κ3) is 5.58. The number of ether oxygens (including phenoxy) is 1. The molecule has 3 rings (SSSR count). The molecule has 26 heavy (non-hydrogen) atoms. The maximum Gasteiger partial charge on any atom is 0.122 e. The van der Waals surface area contributed by atoms with Gasteiger partial charge in [-0.05, 0) is 62.8 Å². The number of β-amino-alcohol motifs (C(OH)–C–C–N with tert-alkyl or cyclic N) is 1. The first-order chi connectivity index (χ1) is 12.7. The van der Waals surface area contributed by atoms with Gasteiger partial charge in [0, 0.05) is 12.6 Å². The molecule has 140 valence electrons. The average Bonchev–Trinajstić information content (AvgIpc) is 2.98. The number of likely N-dealkylation sites (N-methyl/N-ethyl adjacent to an activating group) is 1. The van der Waals surface area contributed by atoms with Crippen molar-refractivity contribution in [3.05, 3.63) is 65.7 Å². The zero-order chi connectivity index (χ0) is 18.2. The van der Waals surface area contributed by atoms with Gasteiger partial charge in [0.25, 0.3) is 0 Å². The summed E-state index contributed by atoms with van der Waals surface area (Å²) < 4.78 is 6.09. The molecule has 0 amide bonds. The Balaban J connectivity index is 1.42. The molecule has 1 saturated heterocycles. The number of likely N-dealkylation sites (tertiary alicyclic amines) is 1. The van der Waals surface area contributed by atoms with Gasteiger partial charge >= 0.3 is 0 Å². The van der Waals surface area contributed by atoms with E-state index in [1.165, 1.54) is 24.0 Å². The number of rotatable bonds is 9. The van der Waals surface area contributed by atoms with Crippen molar-refractivity contribution in [3.8, 4) is 5.75 Å². The third-order valence-electron chi connectivity index (χ3n) is 5.35. The molecule has 0 bridgehead atoms. The van der Waals surface area contributed by atoms with E-state index < -0.39 is 0 Å². The van der Waals surface area contributed by atoms with E-state index in [-0.39, 0.29) is 6.10 Å². The van der Waals surface area contributed by atoms with Gasteiger partial charge in [0.2, 0.25) is 0 Å². The Bertz CT molecular complexity index is 658. The maximum absolute atomic E-state index is 9.75. The lowest BCUT2D eigenvalue weighted by Crippen LogP contribution is -2.26. The molecule has 2 aromatic rings. The number of hydrogen-bond acceptors (Lipinski definition) is 3. The van der Waals surface area contributed by atoms with E-state index in [4.69, 9.17) is 4.74 Å². The van der Waals surface area contributed by atoms with Crippen LogP contribution in [0.25, 0.3) is 0 Å². The zero-order valence-corrected chi connectivity index (χ0v) is 15.8. The second-order valence-corrected chi connectivity index (χ2v) is 7.42. The molecule has 2 aromatic carbocycles. The smallest absolute Gasteiger partial charge is 0.122 e. The minimum absolute atomic E-state index is 0.179. The van der Waals surface area contributed by atoms with Crippen molar-refractivity contribution in [1.29, 1.82) is 0 Å². The van der Waals surface area contributed by atoms with Crippen molar-refractivity contribution in [2.75, 3.05) is 20.2 Å². The van der Waals surface area contributed by atoms with E-state index in [2.05, 4.69) is 60.5 Å². The predicted octanol–water partition coefficient (Wildman–Crippen LogP) is 4.09. The van der Waals surface area contributed by atoms with Gasteiger partial charge < -0.3 is 14.7 Å².